The van der Waals surface area contributed by atoms with Gasteiger partial charge in [-0.25, -0.2) is 0 Å². The van der Waals surface area contributed by atoms with E-state index in [1.807, 2.05) is 13.8 Å². The smallest absolute Gasteiger partial charge is 0.0641 e. The number of likely N-dealkylation sites (N-methyl/N-ethyl adjacent to an activating group) is 1. The van der Waals surface area contributed by atoms with Crippen molar-refractivity contribution in [1.29, 1.82) is 0 Å². The first kappa shape index (κ1) is 15.0. The molecule has 0 amide bonds. The van der Waals surface area contributed by atoms with Gasteiger partial charge in [0.2, 0.25) is 0 Å². The van der Waals surface area contributed by atoms with Crippen LogP contribution in [-0.4, -0.2) is 32.8 Å². The predicted molar refractivity (Wildman–Crippen MR) is 78.3 cm³/mol. The summed E-state index contributed by atoms with van der Waals surface area (Å²) in [6, 6.07) is 6.79. The molecule has 0 aliphatic heterocycles. The molecule has 0 saturated carbocycles. The molecule has 0 aliphatic rings. The van der Waals surface area contributed by atoms with Crippen molar-refractivity contribution in [2.24, 2.45) is 5.73 Å². The second-order valence-corrected chi connectivity index (χ2v) is 4.91. The standard InChI is InChI=1S/C15H26N2O/c1-5-18-9-8-17(4)15-7-6-14(11-13(3)16)12(2)10-15/h6-7,10,13H,5,8-9,11,16H2,1-4H3. The molecule has 1 aromatic rings. The van der Waals surface area contributed by atoms with Crippen molar-refractivity contribution in [1.82, 2.24) is 0 Å². The highest BCUT2D eigenvalue weighted by Gasteiger charge is 2.05. The first-order valence-electron chi connectivity index (χ1n) is 6.68. The number of nitrogens with two attached hydrogens (primary N) is 1. The Morgan fingerprint density at radius 3 is 2.67 bits per heavy atom. The number of anilines is 1. The second kappa shape index (κ2) is 7.39. The highest BCUT2D eigenvalue weighted by atomic mass is 16.5. The van der Waals surface area contributed by atoms with Gasteiger partial charge in [-0.2, -0.15) is 0 Å². The van der Waals surface area contributed by atoms with Crippen LogP contribution in [0, 0.1) is 6.92 Å². The average molecular weight is 250 g/mol. The van der Waals surface area contributed by atoms with Crippen LogP contribution in [0.3, 0.4) is 0 Å². The molecule has 1 atom stereocenters. The van der Waals surface area contributed by atoms with E-state index in [2.05, 4.69) is 37.1 Å². The Labute approximate surface area is 111 Å². The monoisotopic (exact) mass is 250 g/mol. The lowest BCUT2D eigenvalue weighted by molar-refractivity contribution is 0.154. The lowest BCUT2D eigenvalue weighted by Crippen LogP contribution is -2.23. The topological polar surface area (TPSA) is 38.5 Å². The first-order chi connectivity index (χ1) is 8.54. The second-order valence-electron chi connectivity index (χ2n) is 4.91. The summed E-state index contributed by atoms with van der Waals surface area (Å²) in [6.07, 6.45) is 0.939. The Morgan fingerprint density at radius 1 is 1.39 bits per heavy atom. The number of hydrogen-bond acceptors (Lipinski definition) is 3. The van der Waals surface area contributed by atoms with Gasteiger partial charge in [0.25, 0.3) is 0 Å². The van der Waals surface area contributed by atoms with E-state index in [0.29, 0.717) is 0 Å². The highest BCUT2D eigenvalue weighted by Crippen LogP contribution is 2.19. The molecule has 1 unspecified atom stereocenters. The summed E-state index contributed by atoms with van der Waals surface area (Å²) >= 11 is 0. The molecule has 0 heterocycles. The molecule has 3 nitrogen and oxygen atoms in total. The minimum absolute atomic E-state index is 0.213. The molecule has 0 saturated heterocycles. The van der Waals surface area contributed by atoms with Crippen molar-refractivity contribution >= 4 is 5.69 Å². The van der Waals surface area contributed by atoms with Crippen molar-refractivity contribution in [3.8, 4) is 0 Å². The third kappa shape index (κ3) is 4.67. The minimum Gasteiger partial charge on any atom is -0.380 e. The number of hydrogen-bond donors (Lipinski definition) is 1. The van der Waals surface area contributed by atoms with E-state index in [1.54, 1.807) is 0 Å². The number of benzene rings is 1. The van der Waals surface area contributed by atoms with E-state index in [9.17, 15) is 0 Å². The van der Waals surface area contributed by atoms with Gasteiger partial charge in [0.15, 0.2) is 0 Å². The van der Waals surface area contributed by atoms with Crippen molar-refractivity contribution < 1.29 is 4.74 Å². The van der Waals surface area contributed by atoms with E-state index in [4.69, 9.17) is 10.5 Å². The van der Waals surface area contributed by atoms with Crippen molar-refractivity contribution in [2.45, 2.75) is 33.2 Å². The molecule has 1 rings (SSSR count). The lowest BCUT2D eigenvalue weighted by atomic mass is 10.0. The molecular formula is C15H26N2O. The molecule has 102 valence electrons. The zero-order valence-corrected chi connectivity index (χ0v) is 12.1. The molecule has 0 bridgehead atoms. The zero-order valence-electron chi connectivity index (χ0n) is 12.1. The van der Waals surface area contributed by atoms with Crippen LogP contribution in [0.1, 0.15) is 25.0 Å². The number of rotatable bonds is 7. The summed E-state index contributed by atoms with van der Waals surface area (Å²) < 4.78 is 5.37. The van der Waals surface area contributed by atoms with E-state index in [1.165, 1.54) is 16.8 Å². The van der Waals surface area contributed by atoms with Crippen LogP contribution in [-0.2, 0) is 11.2 Å². The van der Waals surface area contributed by atoms with Crippen LogP contribution < -0.4 is 10.6 Å². The van der Waals surface area contributed by atoms with Crippen LogP contribution >= 0.6 is 0 Å². The van der Waals surface area contributed by atoms with Gasteiger partial charge in [-0.1, -0.05) is 6.07 Å². The van der Waals surface area contributed by atoms with Gasteiger partial charge in [-0.3, -0.25) is 0 Å². The fraction of sp³-hybridized carbons (Fsp3) is 0.600. The maximum absolute atomic E-state index is 5.85. The fourth-order valence-electron chi connectivity index (χ4n) is 1.97. The summed E-state index contributed by atoms with van der Waals surface area (Å²) in [5.74, 6) is 0. The quantitative estimate of drug-likeness (QED) is 0.755. The number of ether oxygens (including phenoxy) is 1. The zero-order chi connectivity index (χ0) is 13.5. The maximum Gasteiger partial charge on any atom is 0.0641 e. The SMILES string of the molecule is CCOCCN(C)c1ccc(CC(C)N)c(C)c1. The Kier molecular flexibility index (Phi) is 6.16. The maximum atomic E-state index is 5.85. The Hall–Kier alpha value is -1.06. The van der Waals surface area contributed by atoms with Gasteiger partial charge < -0.3 is 15.4 Å². The third-order valence-electron chi connectivity index (χ3n) is 3.08. The lowest BCUT2D eigenvalue weighted by Gasteiger charge is -2.21. The van der Waals surface area contributed by atoms with Crippen molar-refractivity contribution in [3.05, 3.63) is 29.3 Å². The van der Waals surface area contributed by atoms with E-state index < -0.39 is 0 Å². The molecule has 0 spiro atoms. The number of aryl methyl sites for hydroxylation is 1. The van der Waals surface area contributed by atoms with Gasteiger partial charge in [0.05, 0.1) is 6.61 Å². The Balaban J connectivity index is 2.65. The summed E-state index contributed by atoms with van der Waals surface area (Å²) in [7, 11) is 2.10. The van der Waals surface area contributed by atoms with E-state index in [0.717, 1.165) is 26.2 Å². The van der Waals surface area contributed by atoms with Gasteiger partial charge in [-0.15, -0.1) is 0 Å². The first-order valence-corrected chi connectivity index (χ1v) is 6.68. The van der Waals surface area contributed by atoms with Crippen LogP contribution in [0.25, 0.3) is 0 Å². The van der Waals surface area contributed by atoms with Gasteiger partial charge in [0.1, 0.15) is 0 Å². The van der Waals surface area contributed by atoms with Crippen LogP contribution in [0.5, 0.6) is 0 Å². The van der Waals surface area contributed by atoms with E-state index in [-0.39, 0.29) is 6.04 Å². The number of nitrogens with zero attached hydrogens (tertiary/aromatic N) is 1. The molecular weight excluding hydrogens is 224 g/mol. The molecule has 0 fully saturated rings. The minimum atomic E-state index is 0.213. The molecule has 18 heavy (non-hydrogen) atoms. The van der Waals surface area contributed by atoms with Gasteiger partial charge >= 0.3 is 0 Å². The van der Waals surface area contributed by atoms with Crippen molar-refractivity contribution in [2.75, 3.05) is 31.7 Å². The molecule has 0 radical (unpaired) electrons. The molecule has 0 aromatic heterocycles. The van der Waals surface area contributed by atoms with Crippen LogP contribution in [0.2, 0.25) is 0 Å². The Bertz CT molecular complexity index is 364. The van der Waals surface area contributed by atoms with Gasteiger partial charge in [-0.05, 0) is 50.5 Å². The summed E-state index contributed by atoms with van der Waals surface area (Å²) in [5.41, 5.74) is 9.73. The molecule has 0 aliphatic carbocycles. The fourth-order valence-corrected chi connectivity index (χ4v) is 1.97. The Morgan fingerprint density at radius 2 is 2.11 bits per heavy atom. The molecule has 3 heteroatoms. The average Bonchev–Trinajstić information content (AvgIpc) is 2.31. The van der Waals surface area contributed by atoms with Crippen molar-refractivity contribution in [3.63, 3.8) is 0 Å². The summed E-state index contributed by atoms with van der Waals surface area (Å²) in [6.45, 7) is 8.68. The molecule has 2 N–H and O–H groups in total. The predicted octanol–water partition coefficient (Wildman–Crippen LogP) is 2.36. The van der Waals surface area contributed by atoms with Crippen LogP contribution in [0.4, 0.5) is 5.69 Å². The summed E-state index contributed by atoms with van der Waals surface area (Å²) in [4.78, 5) is 2.22. The van der Waals surface area contributed by atoms with E-state index >= 15 is 0 Å². The normalized spacial score (nSPS) is 12.5. The largest absolute Gasteiger partial charge is 0.380 e. The summed E-state index contributed by atoms with van der Waals surface area (Å²) in [5, 5.41) is 0. The highest BCUT2D eigenvalue weighted by molar-refractivity contribution is 5.50. The van der Waals surface area contributed by atoms with Crippen LogP contribution in [0.15, 0.2) is 18.2 Å². The third-order valence-corrected chi connectivity index (χ3v) is 3.08. The molecule has 1 aromatic carbocycles. The van der Waals surface area contributed by atoms with Gasteiger partial charge in [0, 0.05) is 31.9 Å².